The van der Waals surface area contributed by atoms with Gasteiger partial charge in [-0.2, -0.15) is 0 Å². The molecule has 15 heavy (non-hydrogen) atoms. The Morgan fingerprint density at radius 3 is 1.80 bits per heavy atom. The molecule has 0 spiro atoms. The predicted octanol–water partition coefficient (Wildman–Crippen LogP) is 5.11. The lowest BCUT2D eigenvalue weighted by atomic mass is 10.2. The van der Waals surface area contributed by atoms with Crippen molar-refractivity contribution in [2.75, 3.05) is 0 Å². The largest absolute Gasteiger partial charge is 0.456 e. The summed E-state index contributed by atoms with van der Waals surface area (Å²) in [4.78, 5) is 0. The highest BCUT2D eigenvalue weighted by molar-refractivity contribution is 9.10. The number of benzene rings is 2. The maximum atomic E-state index is 8.10. The van der Waals surface area contributed by atoms with Gasteiger partial charge in [-0.3, -0.25) is 0 Å². The normalized spacial score (nSPS) is 16.9. The molecule has 3 heteroatoms. The van der Waals surface area contributed by atoms with E-state index in [1.807, 2.05) is 0 Å². The molecule has 0 radical (unpaired) electrons. The van der Waals surface area contributed by atoms with Crippen LogP contribution in [0.3, 0.4) is 0 Å². The molecule has 74 valence electrons. The topological polar surface area (TPSA) is 13.1 Å². The fourth-order valence-electron chi connectivity index (χ4n) is 1.35. The molecular formula is C12H6Br2O. The first-order chi connectivity index (χ1) is 9.77. The van der Waals surface area contributed by atoms with Crippen LogP contribution in [-0.2, 0) is 0 Å². The molecule has 0 saturated carbocycles. The van der Waals surface area contributed by atoms with E-state index in [2.05, 4.69) is 31.9 Å². The number of furan rings is 1. The Balaban J connectivity index is 2.73. The summed E-state index contributed by atoms with van der Waals surface area (Å²) in [6.45, 7) is 0. The molecule has 1 nitrogen and oxygen atoms in total. The maximum Gasteiger partial charge on any atom is 0.135 e. The van der Waals surface area contributed by atoms with Gasteiger partial charge in [0.1, 0.15) is 11.2 Å². The van der Waals surface area contributed by atoms with Gasteiger partial charge in [0.25, 0.3) is 0 Å². The van der Waals surface area contributed by atoms with E-state index >= 15 is 0 Å². The van der Waals surface area contributed by atoms with Gasteiger partial charge in [-0.25, -0.2) is 0 Å². The molecule has 3 rings (SSSR count). The van der Waals surface area contributed by atoms with Crippen molar-refractivity contribution in [3.63, 3.8) is 0 Å². The first-order valence-corrected chi connectivity index (χ1v) is 5.62. The number of rotatable bonds is 0. The summed E-state index contributed by atoms with van der Waals surface area (Å²) in [6.07, 6.45) is 0. The lowest BCUT2D eigenvalue weighted by Crippen LogP contribution is -1.67. The highest BCUT2D eigenvalue weighted by Crippen LogP contribution is 2.32. The zero-order valence-electron chi connectivity index (χ0n) is 13.2. The van der Waals surface area contributed by atoms with Gasteiger partial charge in [0.2, 0.25) is 0 Å². The highest BCUT2D eigenvalue weighted by Gasteiger charge is 2.06. The molecule has 2 aromatic carbocycles. The van der Waals surface area contributed by atoms with Crippen molar-refractivity contribution in [2.45, 2.75) is 0 Å². The lowest BCUT2D eigenvalue weighted by molar-refractivity contribution is 0.669. The van der Waals surface area contributed by atoms with Crippen LogP contribution >= 0.6 is 31.9 Å². The molecule has 0 aliphatic rings. The fraction of sp³-hybridized carbons (Fsp3) is 0. The zero-order valence-corrected chi connectivity index (χ0v) is 10.3. The van der Waals surface area contributed by atoms with Crippen LogP contribution in [0.2, 0.25) is 0 Å². The quantitative estimate of drug-likeness (QED) is 0.557. The molecule has 3 aromatic rings. The van der Waals surface area contributed by atoms with Gasteiger partial charge in [0.15, 0.2) is 0 Å². The van der Waals surface area contributed by atoms with E-state index in [-0.39, 0.29) is 67.1 Å². The Bertz CT molecular complexity index is 859. The molecule has 1 heterocycles. The van der Waals surface area contributed by atoms with Gasteiger partial charge in [0, 0.05) is 19.7 Å². The van der Waals surface area contributed by atoms with Gasteiger partial charge in [-0.05, 0) is 36.3 Å². The predicted molar refractivity (Wildman–Crippen MR) is 69.1 cm³/mol. The minimum atomic E-state index is -0.217. The average molecular weight is 332 g/mol. The van der Waals surface area contributed by atoms with E-state index in [0.29, 0.717) is 0 Å². The van der Waals surface area contributed by atoms with Crippen molar-refractivity contribution in [3.8, 4) is 0 Å². The van der Waals surface area contributed by atoms with E-state index in [1.165, 1.54) is 0 Å². The smallest absolute Gasteiger partial charge is 0.135 e. The van der Waals surface area contributed by atoms with Gasteiger partial charge in [-0.1, -0.05) is 31.9 Å². The third-order valence-corrected chi connectivity index (χ3v) is 2.74. The standard InChI is InChI=1S/C12H6Br2O/c13-7-1-3-11-9(5-7)10-6-8(14)2-4-12(10)15-11/h1-6H/i1D,2D,3D,4D,5D,6D. The van der Waals surface area contributed by atoms with Crippen molar-refractivity contribution >= 4 is 53.8 Å². The third kappa shape index (κ3) is 1.50. The number of hydrogen-bond acceptors (Lipinski definition) is 1. The summed E-state index contributed by atoms with van der Waals surface area (Å²) in [5, 5.41) is 0.411. The second-order valence-electron chi connectivity index (χ2n) is 2.89. The molecule has 1 aromatic heterocycles. The van der Waals surface area contributed by atoms with Crippen LogP contribution in [0.15, 0.2) is 49.6 Å². The van der Waals surface area contributed by atoms with Gasteiger partial charge < -0.3 is 4.42 Å². The monoisotopic (exact) mass is 330 g/mol. The van der Waals surface area contributed by atoms with E-state index in [1.54, 1.807) is 0 Å². The van der Waals surface area contributed by atoms with Crippen molar-refractivity contribution < 1.29 is 12.6 Å². The molecule has 0 unspecified atom stereocenters. The number of fused-ring (bicyclic) bond motifs is 3. The Labute approximate surface area is 112 Å². The molecule has 0 fully saturated rings. The number of hydrogen-bond donors (Lipinski definition) is 0. The summed E-state index contributed by atoms with van der Waals surface area (Å²) in [5.41, 5.74) is -0.0228. The van der Waals surface area contributed by atoms with Crippen molar-refractivity contribution in [3.05, 3.63) is 45.2 Å². The average Bonchev–Trinajstić information content (AvgIpc) is 2.87. The number of halogens is 2. The molecule has 0 N–H and O–H groups in total. The Morgan fingerprint density at radius 1 is 0.867 bits per heavy atom. The molecule has 0 aliphatic heterocycles. The van der Waals surface area contributed by atoms with E-state index in [0.717, 1.165) is 0 Å². The summed E-state index contributed by atoms with van der Waals surface area (Å²) >= 11 is 6.21. The zero-order chi connectivity index (χ0) is 15.6. The highest BCUT2D eigenvalue weighted by atomic mass is 79.9. The molecule has 0 bridgehead atoms. The summed E-state index contributed by atoms with van der Waals surface area (Å²) < 4.78 is 53.3. The molecule has 0 saturated heterocycles. The summed E-state index contributed by atoms with van der Waals surface area (Å²) in [7, 11) is 0. The summed E-state index contributed by atoms with van der Waals surface area (Å²) in [6, 6.07) is -0.940. The van der Waals surface area contributed by atoms with Crippen LogP contribution in [0.25, 0.3) is 21.9 Å². The molecular weight excluding hydrogens is 320 g/mol. The summed E-state index contributed by atoms with van der Waals surface area (Å²) in [5.74, 6) is 0. The molecule has 0 amide bonds. The SMILES string of the molecule is [2H]c1c(Br)c([2H])c2c(oc3c([2H])c([2H])c(Br)c([2H])c32)c1[2H]. The van der Waals surface area contributed by atoms with Crippen LogP contribution < -0.4 is 0 Å². The van der Waals surface area contributed by atoms with E-state index in [4.69, 9.17) is 12.6 Å². The van der Waals surface area contributed by atoms with Crippen LogP contribution in [0.1, 0.15) is 8.22 Å². The van der Waals surface area contributed by atoms with Crippen LogP contribution in [0.5, 0.6) is 0 Å². The van der Waals surface area contributed by atoms with Gasteiger partial charge in [-0.15, -0.1) is 0 Å². The fourth-order valence-corrected chi connectivity index (χ4v) is 1.95. The Kier molecular flexibility index (Phi) is 1.12. The van der Waals surface area contributed by atoms with Crippen LogP contribution in [0.4, 0.5) is 0 Å². The third-order valence-electron chi connectivity index (χ3n) is 1.95. The second-order valence-corrected chi connectivity index (χ2v) is 4.47. The minimum Gasteiger partial charge on any atom is -0.456 e. The van der Waals surface area contributed by atoms with Crippen molar-refractivity contribution in [2.24, 2.45) is 0 Å². The lowest BCUT2D eigenvalue weighted by Gasteiger charge is -1.91. The Hall–Kier alpha value is -0.800. The molecule has 0 aliphatic carbocycles. The molecule has 0 atom stereocenters. The van der Waals surface area contributed by atoms with Crippen LogP contribution in [-0.4, -0.2) is 0 Å². The minimum absolute atomic E-state index is 0.0114. The van der Waals surface area contributed by atoms with E-state index in [9.17, 15) is 0 Å². The second kappa shape index (κ2) is 3.35. The Morgan fingerprint density at radius 2 is 1.33 bits per heavy atom. The maximum absolute atomic E-state index is 8.10. The van der Waals surface area contributed by atoms with Gasteiger partial charge in [0.05, 0.1) is 8.22 Å². The first kappa shape index (κ1) is 5.02. The van der Waals surface area contributed by atoms with Crippen molar-refractivity contribution in [1.82, 2.24) is 0 Å². The van der Waals surface area contributed by atoms with Gasteiger partial charge >= 0.3 is 0 Å². The van der Waals surface area contributed by atoms with E-state index < -0.39 is 0 Å². The van der Waals surface area contributed by atoms with Crippen molar-refractivity contribution in [1.29, 1.82) is 0 Å². The first-order valence-electron chi connectivity index (χ1n) is 7.04. The van der Waals surface area contributed by atoms with Crippen LogP contribution in [0, 0.1) is 0 Å².